The Morgan fingerprint density at radius 2 is 1.88 bits per heavy atom. The van der Waals surface area contributed by atoms with Gasteiger partial charge in [-0.2, -0.15) is 4.37 Å². The highest BCUT2D eigenvalue weighted by Crippen LogP contribution is 2.33. The molecule has 0 spiro atoms. The number of benzene rings is 2. The van der Waals surface area contributed by atoms with Crippen LogP contribution in [0.25, 0.3) is 21.3 Å². The van der Waals surface area contributed by atoms with E-state index in [2.05, 4.69) is 67.7 Å². The minimum absolute atomic E-state index is 0.778. The molecule has 1 aliphatic rings. The van der Waals surface area contributed by atoms with Crippen molar-refractivity contribution in [2.75, 3.05) is 26.2 Å². The molecule has 4 rings (SSSR count). The quantitative estimate of drug-likeness (QED) is 0.489. The third kappa shape index (κ3) is 4.05. The van der Waals surface area contributed by atoms with Gasteiger partial charge in [0.25, 0.3) is 0 Å². The Morgan fingerprint density at radius 1 is 1.08 bits per heavy atom. The van der Waals surface area contributed by atoms with Crippen LogP contribution in [0.5, 0.6) is 5.75 Å². The smallest absolute Gasteiger partial charge is 0.120 e. The number of rotatable bonds is 6. The van der Waals surface area contributed by atoms with E-state index in [0.717, 1.165) is 41.1 Å². The molecule has 5 heteroatoms. The highest BCUT2D eigenvalue weighted by Gasteiger charge is 2.11. The predicted molar refractivity (Wildman–Crippen MR) is 109 cm³/mol. The number of halogens is 1. The highest BCUT2D eigenvalue weighted by molar-refractivity contribution is 9.10. The van der Waals surface area contributed by atoms with Crippen molar-refractivity contribution in [1.29, 1.82) is 0 Å². The normalized spacial score (nSPS) is 15.1. The fraction of sp³-hybridized carbons (Fsp3) is 0.350. The highest BCUT2D eigenvalue weighted by atomic mass is 79.9. The van der Waals surface area contributed by atoms with Gasteiger partial charge in [-0.3, -0.25) is 0 Å². The van der Waals surface area contributed by atoms with Crippen molar-refractivity contribution in [3.63, 3.8) is 0 Å². The molecule has 130 valence electrons. The van der Waals surface area contributed by atoms with Gasteiger partial charge in [-0.15, -0.1) is 0 Å². The summed E-state index contributed by atoms with van der Waals surface area (Å²) in [5, 5.41) is 1.19. The zero-order valence-electron chi connectivity index (χ0n) is 14.1. The van der Waals surface area contributed by atoms with Crippen molar-refractivity contribution in [2.24, 2.45) is 0 Å². The molecule has 0 saturated carbocycles. The number of fused-ring (bicyclic) bond motifs is 1. The van der Waals surface area contributed by atoms with E-state index >= 15 is 0 Å². The van der Waals surface area contributed by atoms with Gasteiger partial charge in [0.05, 0.1) is 17.0 Å². The van der Waals surface area contributed by atoms with Crippen LogP contribution in [0.4, 0.5) is 0 Å². The van der Waals surface area contributed by atoms with E-state index in [-0.39, 0.29) is 0 Å². The molecule has 1 saturated heterocycles. The average Bonchev–Trinajstić information content (AvgIpc) is 3.29. The third-order valence-electron chi connectivity index (χ3n) is 4.65. The SMILES string of the molecule is Brc1ccc(-c2nsc3cc(OCCCN4CCCC4)ccc23)cc1. The van der Waals surface area contributed by atoms with E-state index in [4.69, 9.17) is 4.74 Å². The molecule has 3 aromatic rings. The van der Waals surface area contributed by atoms with Gasteiger partial charge in [0, 0.05) is 22.0 Å². The maximum absolute atomic E-state index is 5.95. The van der Waals surface area contributed by atoms with Crippen LogP contribution in [-0.2, 0) is 0 Å². The molecule has 2 aromatic carbocycles. The summed E-state index contributed by atoms with van der Waals surface area (Å²) in [4.78, 5) is 2.53. The second-order valence-electron chi connectivity index (χ2n) is 6.45. The van der Waals surface area contributed by atoms with Crippen molar-refractivity contribution in [3.05, 3.63) is 46.9 Å². The molecule has 0 amide bonds. The van der Waals surface area contributed by atoms with Crippen LogP contribution >= 0.6 is 27.5 Å². The molecule has 1 aromatic heterocycles. The number of hydrogen-bond acceptors (Lipinski definition) is 4. The topological polar surface area (TPSA) is 25.4 Å². The molecule has 0 N–H and O–H groups in total. The first kappa shape index (κ1) is 17.0. The van der Waals surface area contributed by atoms with Crippen molar-refractivity contribution in [3.8, 4) is 17.0 Å². The van der Waals surface area contributed by atoms with E-state index < -0.39 is 0 Å². The van der Waals surface area contributed by atoms with Gasteiger partial charge in [0.15, 0.2) is 0 Å². The zero-order valence-corrected chi connectivity index (χ0v) is 16.5. The fourth-order valence-corrected chi connectivity index (χ4v) is 4.40. The maximum atomic E-state index is 5.95. The van der Waals surface area contributed by atoms with Gasteiger partial charge in [-0.1, -0.05) is 28.1 Å². The minimum atomic E-state index is 0.778. The Balaban J connectivity index is 1.41. The molecule has 1 fully saturated rings. The van der Waals surface area contributed by atoms with Gasteiger partial charge in [-0.25, -0.2) is 0 Å². The number of ether oxygens (including phenoxy) is 1. The van der Waals surface area contributed by atoms with Crippen LogP contribution in [0.2, 0.25) is 0 Å². The molecular weight excluding hydrogens is 396 g/mol. The van der Waals surface area contributed by atoms with E-state index in [0.29, 0.717) is 0 Å². The molecular formula is C20H21BrN2OS. The van der Waals surface area contributed by atoms with Crippen LogP contribution in [0.15, 0.2) is 46.9 Å². The van der Waals surface area contributed by atoms with Gasteiger partial charge >= 0.3 is 0 Å². The Bertz CT molecular complexity index is 841. The summed E-state index contributed by atoms with van der Waals surface area (Å²) in [7, 11) is 0. The predicted octanol–water partition coefficient (Wildman–Crippen LogP) is 5.59. The lowest BCUT2D eigenvalue weighted by Crippen LogP contribution is -2.21. The molecule has 0 unspecified atom stereocenters. The Morgan fingerprint density at radius 3 is 2.68 bits per heavy atom. The van der Waals surface area contributed by atoms with E-state index in [1.807, 2.05) is 0 Å². The lowest BCUT2D eigenvalue weighted by atomic mass is 10.1. The van der Waals surface area contributed by atoms with Crippen LogP contribution in [-0.4, -0.2) is 35.5 Å². The largest absolute Gasteiger partial charge is 0.493 e. The lowest BCUT2D eigenvalue weighted by molar-refractivity contribution is 0.263. The molecule has 0 bridgehead atoms. The minimum Gasteiger partial charge on any atom is -0.493 e. The van der Waals surface area contributed by atoms with Crippen molar-refractivity contribution in [2.45, 2.75) is 19.3 Å². The van der Waals surface area contributed by atoms with Crippen LogP contribution in [0.3, 0.4) is 0 Å². The number of hydrogen-bond donors (Lipinski definition) is 0. The maximum Gasteiger partial charge on any atom is 0.120 e. The first-order valence-corrected chi connectivity index (χ1v) is 10.4. The Labute approximate surface area is 160 Å². The summed E-state index contributed by atoms with van der Waals surface area (Å²) in [6, 6.07) is 14.6. The summed E-state index contributed by atoms with van der Waals surface area (Å²) in [5.41, 5.74) is 2.20. The van der Waals surface area contributed by atoms with E-state index in [9.17, 15) is 0 Å². The number of likely N-dealkylation sites (tertiary alicyclic amines) is 1. The van der Waals surface area contributed by atoms with Crippen molar-refractivity contribution < 1.29 is 4.74 Å². The first-order valence-electron chi connectivity index (χ1n) is 8.80. The summed E-state index contributed by atoms with van der Waals surface area (Å²) in [6.45, 7) is 4.44. The van der Waals surface area contributed by atoms with Gasteiger partial charge in [0.1, 0.15) is 5.75 Å². The second kappa shape index (κ2) is 7.85. The zero-order chi connectivity index (χ0) is 17.1. The van der Waals surface area contributed by atoms with Gasteiger partial charge < -0.3 is 9.64 Å². The third-order valence-corrected chi connectivity index (χ3v) is 5.98. The molecule has 0 radical (unpaired) electrons. The molecule has 1 aliphatic heterocycles. The molecule has 3 nitrogen and oxygen atoms in total. The Hall–Kier alpha value is -1.43. The van der Waals surface area contributed by atoms with E-state index in [1.54, 1.807) is 0 Å². The first-order chi connectivity index (χ1) is 12.3. The summed E-state index contributed by atoms with van der Waals surface area (Å²) < 4.78 is 12.9. The van der Waals surface area contributed by atoms with Crippen molar-refractivity contribution >= 4 is 37.5 Å². The van der Waals surface area contributed by atoms with Crippen molar-refractivity contribution in [1.82, 2.24) is 9.27 Å². The van der Waals surface area contributed by atoms with Crippen LogP contribution in [0, 0.1) is 0 Å². The average molecular weight is 417 g/mol. The lowest BCUT2D eigenvalue weighted by Gasteiger charge is -2.14. The van der Waals surface area contributed by atoms with E-state index in [1.165, 1.54) is 47.5 Å². The monoisotopic (exact) mass is 416 g/mol. The number of aromatic nitrogens is 1. The molecule has 0 atom stereocenters. The molecule has 25 heavy (non-hydrogen) atoms. The standard InChI is InChI=1S/C20H21BrN2OS/c21-16-6-4-15(5-7-16)20-18-9-8-17(14-19(18)25-22-20)24-13-3-12-23-10-1-2-11-23/h4-9,14H,1-3,10-13H2. The molecule has 2 heterocycles. The summed E-state index contributed by atoms with van der Waals surface area (Å²) in [5.74, 6) is 0.944. The second-order valence-corrected chi connectivity index (χ2v) is 8.17. The summed E-state index contributed by atoms with van der Waals surface area (Å²) in [6.07, 6.45) is 3.79. The molecule has 0 aliphatic carbocycles. The fourth-order valence-electron chi connectivity index (χ4n) is 3.31. The van der Waals surface area contributed by atoms with Gasteiger partial charge in [-0.05, 0) is 74.2 Å². The Kier molecular flexibility index (Phi) is 5.34. The number of nitrogens with zero attached hydrogens (tertiary/aromatic N) is 2. The van der Waals surface area contributed by atoms with Crippen LogP contribution in [0.1, 0.15) is 19.3 Å². The van der Waals surface area contributed by atoms with Crippen LogP contribution < -0.4 is 4.74 Å². The van der Waals surface area contributed by atoms with Gasteiger partial charge in [0.2, 0.25) is 0 Å². The summed E-state index contributed by atoms with van der Waals surface area (Å²) >= 11 is 5.02.